The molecule has 0 unspecified atom stereocenters. The number of nitrogens with zero attached hydrogens (tertiary/aromatic N) is 2. The van der Waals surface area contributed by atoms with Crippen molar-refractivity contribution in [2.75, 3.05) is 49.6 Å². The Balaban J connectivity index is 1.59. The third-order valence-electron chi connectivity index (χ3n) is 6.48. The van der Waals surface area contributed by atoms with Gasteiger partial charge in [-0.1, -0.05) is 18.2 Å². The van der Waals surface area contributed by atoms with Crippen molar-refractivity contribution >= 4 is 27.3 Å². The Kier molecular flexibility index (Phi) is 7.36. The molecule has 7 nitrogen and oxygen atoms in total. The highest BCUT2D eigenvalue weighted by Gasteiger charge is 2.27. The highest BCUT2D eigenvalue weighted by atomic mass is 32.2. The lowest BCUT2D eigenvalue weighted by molar-refractivity contribution is -0.115. The number of anilines is 2. The molecule has 178 valence electrons. The summed E-state index contributed by atoms with van der Waals surface area (Å²) >= 11 is 0. The minimum absolute atomic E-state index is 0.151. The van der Waals surface area contributed by atoms with Crippen LogP contribution in [0.4, 0.5) is 11.4 Å². The van der Waals surface area contributed by atoms with Gasteiger partial charge >= 0.3 is 0 Å². The molecule has 0 bridgehead atoms. The largest absolute Gasteiger partial charge is 0.379 e. The van der Waals surface area contributed by atoms with Crippen LogP contribution in [0.3, 0.4) is 0 Å². The van der Waals surface area contributed by atoms with Gasteiger partial charge in [0.25, 0.3) is 0 Å². The van der Waals surface area contributed by atoms with Crippen molar-refractivity contribution in [2.24, 2.45) is 0 Å². The quantitative estimate of drug-likeness (QED) is 0.640. The molecule has 2 aliphatic rings. The second kappa shape index (κ2) is 10.2. The zero-order chi connectivity index (χ0) is 23.4. The summed E-state index contributed by atoms with van der Waals surface area (Å²) in [5.74, 6) is -0.151. The van der Waals surface area contributed by atoms with Crippen LogP contribution in [0.2, 0.25) is 0 Å². The maximum absolute atomic E-state index is 13.2. The molecule has 8 heteroatoms. The van der Waals surface area contributed by atoms with Crippen LogP contribution in [0.1, 0.15) is 37.0 Å². The maximum atomic E-state index is 13.2. The number of hydrogen-bond donors (Lipinski definition) is 1. The van der Waals surface area contributed by atoms with E-state index in [4.69, 9.17) is 4.74 Å². The van der Waals surface area contributed by atoms with E-state index in [-0.39, 0.29) is 17.2 Å². The van der Waals surface area contributed by atoms with Gasteiger partial charge in [-0.15, -0.1) is 0 Å². The number of carbonyl (C=O) groups excluding carboxylic acids is 1. The molecule has 0 radical (unpaired) electrons. The molecular weight excluding hydrogens is 438 g/mol. The Labute approximate surface area is 196 Å². The second-order valence-corrected chi connectivity index (χ2v) is 10.5. The van der Waals surface area contributed by atoms with Crippen molar-refractivity contribution in [1.29, 1.82) is 0 Å². The highest BCUT2D eigenvalue weighted by Crippen LogP contribution is 2.31. The number of amides is 1. The third kappa shape index (κ3) is 5.23. The summed E-state index contributed by atoms with van der Waals surface area (Å²) in [6, 6.07) is 11.3. The lowest BCUT2D eigenvalue weighted by Gasteiger charge is -2.28. The molecule has 0 spiro atoms. The number of sulfonamides is 1. The lowest BCUT2D eigenvalue weighted by atomic mass is 10.0. The summed E-state index contributed by atoms with van der Waals surface area (Å²) < 4.78 is 33.1. The van der Waals surface area contributed by atoms with Gasteiger partial charge in [-0.3, -0.25) is 4.79 Å². The summed E-state index contributed by atoms with van der Waals surface area (Å²) in [5.41, 5.74) is 5.05. The summed E-state index contributed by atoms with van der Waals surface area (Å²) in [6.45, 7) is 7.03. The van der Waals surface area contributed by atoms with E-state index < -0.39 is 10.0 Å². The van der Waals surface area contributed by atoms with Crippen molar-refractivity contribution in [1.82, 2.24) is 4.31 Å². The minimum atomic E-state index is -3.66. The minimum Gasteiger partial charge on any atom is -0.379 e. The molecule has 33 heavy (non-hydrogen) atoms. The first kappa shape index (κ1) is 23.7. The highest BCUT2D eigenvalue weighted by molar-refractivity contribution is 7.89. The summed E-state index contributed by atoms with van der Waals surface area (Å²) in [4.78, 5) is 15.3. The van der Waals surface area contributed by atoms with Gasteiger partial charge in [-0.25, -0.2) is 8.42 Å². The van der Waals surface area contributed by atoms with Gasteiger partial charge in [-0.05, 0) is 68.0 Å². The van der Waals surface area contributed by atoms with Gasteiger partial charge in [0.15, 0.2) is 0 Å². The molecule has 1 heterocycles. The average molecular weight is 472 g/mol. The monoisotopic (exact) mass is 471 g/mol. The Morgan fingerprint density at radius 1 is 1.03 bits per heavy atom. The van der Waals surface area contributed by atoms with Crippen LogP contribution >= 0.6 is 0 Å². The van der Waals surface area contributed by atoms with E-state index in [1.54, 1.807) is 18.2 Å². The molecular formula is C25H33N3O4S. The number of fused-ring (bicyclic) bond motifs is 1. The predicted octanol–water partition coefficient (Wildman–Crippen LogP) is 3.22. The SMILES string of the molecule is CCN(CC)c1ccc(S(=O)(=O)N2CCOCC2)cc1NC(=O)Cc1ccc2c(c1)CCC2. The number of hydrogen-bond acceptors (Lipinski definition) is 5. The molecule has 0 aromatic heterocycles. The van der Waals surface area contributed by atoms with Crippen LogP contribution in [-0.4, -0.2) is 58.0 Å². The Hall–Kier alpha value is -2.42. The van der Waals surface area contributed by atoms with E-state index in [1.165, 1.54) is 21.9 Å². The first-order valence-corrected chi connectivity index (χ1v) is 13.2. The molecule has 0 saturated carbocycles. The number of nitrogens with one attached hydrogen (secondary N) is 1. The van der Waals surface area contributed by atoms with Crippen LogP contribution in [0.25, 0.3) is 0 Å². The number of morpholine rings is 1. The van der Waals surface area contributed by atoms with Crippen molar-refractivity contribution in [3.05, 3.63) is 53.1 Å². The average Bonchev–Trinajstić information content (AvgIpc) is 3.29. The molecule has 1 N–H and O–H groups in total. The predicted molar refractivity (Wildman–Crippen MR) is 130 cm³/mol. The van der Waals surface area contributed by atoms with Crippen LogP contribution in [0.15, 0.2) is 41.3 Å². The molecule has 2 aromatic carbocycles. The van der Waals surface area contributed by atoms with Crippen molar-refractivity contribution < 1.29 is 17.9 Å². The van der Waals surface area contributed by atoms with Crippen LogP contribution in [0.5, 0.6) is 0 Å². The van der Waals surface area contributed by atoms with E-state index in [0.717, 1.165) is 37.2 Å². The molecule has 1 aliphatic heterocycles. The van der Waals surface area contributed by atoms with Gasteiger partial charge in [0.1, 0.15) is 0 Å². The number of rotatable bonds is 8. The van der Waals surface area contributed by atoms with E-state index in [1.807, 2.05) is 19.9 Å². The molecule has 1 fully saturated rings. The van der Waals surface area contributed by atoms with Gasteiger partial charge in [0.2, 0.25) is 15.9 Å². The van der Waals surface area contributed by atoms with Crippen molar-refractivity contribution in [2.45, 2.75) is 44.4 Å². The van der Waals surface area contributed by atoms with Crippen molar-refractivity contribution in [3.8, 4) is 0 Å². The molecule has 1 amide bonds. The number of ether oxygens (including phenoxy) is 1. The first-order valence-electron chi connectivity index (χ1n) is 11.8. The summed E-state index contributed by atoms with van der Waals surface area (Å²) in [7, 11) is -3.66. The van der Waals surface area contributed by atoms with Gasteiger partial charge in [0, 0.05) is 26.2 Å². The molecule has 1 saturated heterocycles. The second-order valence-electron chi connectivity index (χ2n) is 8.55. The zero-order valence-electron chi connectivity index (χ0n) is 19.5. The topological polar surface area (TPSA) is 79.0 Å². The van der Waals surface area contributed by atoms with Crippen molar-refractivity contribution in [3.63, 3.8) is 0 Å². The normalized spacial score (nSPS) is 16.4. The first-order chi connectivity index (χ1) is 15.9. The number of aryl methyl sites for hydroxylation is 2. The van der Waals surface area contributed by atoms with Crippen LogP contribution < -0.4 is 10.2 Å². The number of carbonyl (C=O) groups is 1. The van der Waals surface area contributed by atoms with Gasteiger partial charge in [-0.2, -0.15) is 4.31 Å². The maximum Gasteiger partial charge on any atom is 0.243 e. The number of benzene rings is 2. The Morgan fingerprint density at radius 2 is 1.76 bits per heavy atom. The summed E-state index contributed by atoms with van der Waals surface area (Å²) in [6.07, 6.45) is 3.60. The van der Waals surface area contributed by atoms with Gasteiger partial charge < -0.3 is 15.0 Å². The lowest BCUT2D eigenvalue weighted by Crippen LogP contribution is -2.40. The third-order valence-corrected chi connectivity index (χ3v) is 8.38. The fourth-order valence-electron chi connectivity index (χ4n) is 4.67. The van der Waals surface area contributed by atoms with E-state index in [9.17, 15) is 13.2 Å². The van der Waals surface area contributed by atoms with Crippen LogP contribution in [-0.2, 0) is 38.8 Å². The standard InChI is InChI=1S/C25H33N3O4S/c1-3-27(4-2)24-11-10-22(33(30,31)28-12-14-32-15-13-28)18-23(24)26-25(29)17-19-8-9-20-6-5-7-21(20)16-19/h8-11,16,18H,3-7,12-15,17H2,1-2H3,(H,26,29). The Morgan fingerprint density at radius 3 is 2.48 bits per heavy atom. The van der Waals surface area contributed by atoms with E-state index >= 15 is 0 Å². The smallest absolute Gasteiger partial charge is 0.243 e. The van der Waals surface area contributed by atoms with Gasteiger partial charge in [0.05, 0.1) is 35.9 Å². The fourth-order valence-corrected chi connectivity index (χ4v) is 6.10. The molecule has 2 aromatic rings. The Bertz CT molecular complexity index is 1110. The summed E-state index contributed by atoms with van der Waals surface area (Å²) in [5, 5.41) is 3.00. The molecule has 4 rings (SSSR count). The van der Waals surface area contributed by atoms with E-state index in [0.29, 0.717) is 32.0 Å². The fraction of sp³-hybridized carbons (Fsp3) is 0.480. The zero-order valence-corrected chi connectivity index (χ0v) is 20.3. The van der Waals surface area contributed by atoms with Crippen LogP contribution in [0, 0.1) is 0 Å². The molecule has 1 aliphatic carbocycles. The molecule has 0 atom stereocenters. The van der Waals surface area contributed by atoms with E-state index in [2.05, 4.69) is 22.3 Å².